The molecule has 22 heavy (non-hydrogen) atoms. The van der Waals surface area contributed by atoms with Gasteiger partial charge >= 0.3 is 0 Å². The molecule has 2 rings (SSSR count). The Morgan fingerprint density at radius 3 is 2.82 bits per heavy atom. The van der Waals surface area contributed by atoms with Gasteiger partial charge in [-0.15, -0.1) is 0 Å². The first-order valence-corrected chi connectivity index (χ1v) is 8.62. The van der Waals surface area contributed by atoms with Gasteiger partial charge in [-0.3, -0.25) is 0 Å². The van der Waals surface area contributed by atoms with Gasteiger partial charge in [0.25, 0.3) is 0 Å². The fraction of sp³-hybridized carbons (Fsp3) is 0.684. The predicted molar refractivity (Wildman–Crippen MR) is 91.8 cm³/mol. The molecular weight excluding hydrogens is 274 g/mol. The van der Waals surface area contributed by atoms with E-state index in [1.807, 2.05) is 0 Å². The maximum atomic E-state index is 6.09. The van der Waals surface area contributed by atoms with Crippen molar-refractivity contribution in [2.24, 2.45) is 5.92 Å². The molecule has 0 bridgehead atoms. The van der Waals surface area contributed by atoms with Crippen molar-refractivity contribution in [2.45, 2.75) is 52.6 Å². The summed E-state index contributed by atoms with van der Waals surface area (Å²) in [5.41, 5.74) is 2.55. The Labute approximate surface area is 135 Å². The number of nitrogens with one attached hydrogen (secondary N) is 1. The second-order valence-electron chi connectivity index (χ2n) is 6.91. The van der Waals surface area contributed by atoms with Crippen LogP contribution in [0.3, 0.4) is 0 Å². The van der Waals surface area contributed by atoms with E-state index in [1.54, 1.807) is 0 Å². The van der Waals surface area contributed by atoms with E-state index in [9.17, 15) is 0 Å². The molecule has 1 N–H and O–H groups in total. The van der Waals surface area contributed by atoms with Crippen LogP contribution < -0.4 is 10.1 Å². The van der Waals surface area contributed by atoms with E-state index in [4.69, 9.17) is 9.47 Å². The van der Waals surface area contributed by atoms with Gasteiger partial charge in [-0.2, -0.15) is 0 Å². The number of rotatable bonds is 8. The summed E-state index contributed by atoms with van der Waals surface area (Å²) < 4.78 is 11.7. The summed E-state index contributed by atoms with van der Waals surface area (Å²) in [4.78, 5) is 0. The molecule has 3 nitrogen and oxygen atoms in total. The standard InChI is InChI=1S/C19H31NO2/c1-14(2)18-8-7-15(3)10-19(18)22-13-16(4)11-20-12-17-6-5-9-21-17/h7-8,10,14,16-17,20H,5-6,9,11-13H2,1-4H3/t16-,17-/m0/s1. The maximum Gasteiger partial charge on any atom is 0.123 e. The highest BCUT2D eigenvalue weighted by Crippen LogP contribution is 2.27. The lowest BCUT2D eigenvalue weighted by Crippen LogP contribution is -2.31. The quantitative estimate of drug-likeness (QED) is 0.790. The van der Waals surface area contributed by atoms with Crippen molar-refractivity contribution >= 4 is 0 Å². The summed E-state index contributed by atoms with van der Waals surface area (Å²) in [6.07, 6.45) is 2.81. The Morgan fingerprint density at radius 1 is 1.32 bits per heavy atom. The summed E-state index contributed by atoms with van der Waals surface area (Å²) in [5, 5.41) is 3.51. The Kier molecular flexibility index (Phi) is 6.71. The lowest BCUT2D eigenvalue weighted by molar-refractivity contribution is 0.108. The van der Waals surface area contributed by atoms with Crippen LogP contribution in [-0.2, 0) is 4.74 Å². The smallest absolute Gasteiger partial charge is 0.123 e. The third-order valence-corrected chi connectivity index (χ3v) is 4.20. The van der Waals surface area contributed by atoms with Crippen LogP contribution in [-0.4, -0.2) is 32.4 Å². The summed E-state index contributed by atoms with van der Waals surface area (Å²) in [5.74, 6) is 2.02. The average Bonchev–Trinajstić information content (AvgIpc) is 2.98. The van der Waals surface area contributed by atoms with Gasteiger partial charge in [-0.25, -0.2) is 0 Å². The first-order chi connectivity index (χ1) is 10.6. The van der Waals surface area contributed by atoms with Gasteiger partial charge < -0.3 is 14.8 Å². The summed E-state index contributed by atoms with van der Waals surface area (Å²) >= 11 is 0. The fourth-order valence-electron chi connectivity index (χ4n) is 2.83. The predicted octanol–water partition coefficient (Wildman–Crippen LogP) is 3.90. The molecule has 0 amide bonds. The van der Waals surface area contributed by atoms with Crippen molar-refractivity contribution in [3.8, 4) is 5.75 Å². The third kappa shape index (κ3) is 5.29. The van der Waals surface area contributed by atoms with Gasteiger partial charge in [0.2, 0.25) is 0 Å². The Bertz CT molecular complexity index is 453. The Balaban J connectivity index is 1.75. The van der Waals surface area contributed by atoms with Crippen LogP contribution in [0.15, 0.2) is 18.2 Å². The third-order valence-electron chi connectivity index (χ3n) is 4.20. The molecule has 1 aromatic carbocycles. The minimum absolute atomic E-state index is 0.414. The number of hydrogen-bond donors (Lipinski definition) is 1. The van der Waals surface area contributed by atoms with Crippen LogP contribution in [0.1, 0.15) is 50.7 Å². The molecule has 1 fully saturated rings. The number of hydrogen-bond acceptors (Lipinski definition) is 3. The van der Waals surface area contributed by atoms with Gasteiger partial charge in [0, 0.05) is 25.6 Å². The van der Waals surface area contributed by atoms with Crippen LogP contribution in [0.4, 0.5) is 0 Å². The zero-order valence-corrected chi connectivity index (χ0v) is 14.5. The summed E-state index contributed by atoms with van der Waals surface area (Å²) in [7, 11) is 0. The Morgan fingerprint density at radius 2 is 2.14 bits per heavy atom. The van der Waals surface area contributed by atoms with Gasteiger partial charge in [0.15, 0.2) is 0 Å². The van der Waals surface area contributed by atoms with E-state index < -0.39 is 0 Å². The molecule has 2 atom stereocenters. The molecule has 0 aliphatic carbocycles. The van der Waals surface area contributed by atoms with Gasteiger partial charge in [0.05, 0.1) is 12.7 Å². The zero-order chi connectivity index (χ0) is 15.9. The van der Waals surface area contributed by atoms with Crippen LogP contribution in [0.2, 0.25) is 0 Å². The molecule has 0 unspecified atom stereocenters. The van der Waals surface area contributed by atoms with E-state index in [-0.39, 0.29) is 0 Å². The van der Waals surface area contributed by atoms with E-state index in [2.05, 4.69) is 51.2 Å². The monoisotopic (exact) mass is 305 g/mol. The van der Waals surface area contributed by atoms with Gasteiger partial charge in [-0.1, -0.05) is 32.9 Å². The molecule has 1 aliphatic rings. The molecule has 0 saturated carbocycles. The highest BCUT2D eigenvalue weighted by atomic mass is 16.5. The van der Waals surface area contributed by atoms with Crippen molar-refractivity contribution in [1.82, 2.24) is 5.32 Å². The lowest BCUT2D eigenvalue weighted by atomic mass is 10.0. The van der Waals surface area contributed by atoms with Crippen molar-refractivity contribution < 1.29 is 9.47 Å². The van der Waals surface area contributed by atoms with E-state index in [0.717, 1.165) is 32.1 Å². The molecule has 124 valence electrons. The van der Waals surface area contributed by atoms with E-state index >= 15 is 0 Å². The van der Waals surface area contributed by atoms with Crippen LogP contribution in [0, 0.1) is 12.8 Å². The van der Waals surface area contributed by atoms with Crippen molar-refractivity contribution in [2.75, 3.05) is 26.3 Å². The number of aryl methyl sites for hydroxylation is 1. The first-order valence-electron chi connectivity index (χ1n) is 8.62. The van der Waals surface area contributed by atoms with Crippen molar-refractivity contribution in [3.63, 3.8) is 0 Å². The zero-order valence-electron chi connectivity index (χ0n) is 14.5. The highest BCUT2D eigenvalue weighted by Gasteiger charge is 2.15. The van der Waals surface area contributed by atoms with E-state index in [1.165, 1.54) is 24.0 Å². The molecular formula is C19H31NO2. The SMILES string of the molecule is Cc1ccc(C(C)C)c(OC[C@@H](C)CNC[C@@H]2CCCO2)c1. The topological polar surface area (TPSA) is 30.5 Å². The minimum atomic E-state index is 0.414. The van der Waals surface area contributed by atoms with Crippen LogP contribution >= 0.6 is 0 Å². The fourth-order valence-corrected chi connectivity index (χ4v) is 2.83. The molecule has 3 heteroatoms. The number of ether oxygens (including phenoxy) is 2. The lowest BCUT2D eigenvalue weighted by Gasteiger charge is -2.19. The van der Waals surface area contributed by atoms with Gasteiger partial charge in [0.1, 0.15) is 5.75 Å². The molecule has 1 heterocycles. The first kappa shape index (κ1) is 17.3. The summed E-state index contributed by atoms with van der Waals surface area (Å²) in [6, 6.07) is 6.51. The summed E-state index contributed by atoms with van der Waals surface area (Å²) in [6.45, 7) is 12.4. The van der Waals surface area contributed by atoms with Crippen molar-refractivity contribution in [1.29, 1.82) is 0 Å². The van der Waals surface area contributed by atoms with Crippen molar-refractivity contribution in [3.05, 3.63) is 29.3 Å². The van der Waals surface area contributed by atoms with E-state index in [0.29, 0.717) is 17.9 Å². The molecule has 1 aliphatic heterocycles. The minimum Gasteiger partial charge on any atom is -0.493 e. The normalized spacial score (nSPS) is 19.6. The number of benzene rings is 1. The molecule has 1 aromatic rings. The molecule has 1 saturated heterocycles. The highest BCUT2D eigenvalue weighted by molar-refractivity contribution is 5.39. The molecule has 0 radical (unpaired) electrons. The molecule has 0 aromatic heterocycles. The maximum absolute atomic E-state index is 6.09. The largest absolute Gasteiger partial charge is 0.493 e. The van der Waals surface area contributed by atoms with Gasteiger partial charge in [-0.05, 0) is 42.9 Å². The molecule has 0 spiro atoms. The average molecular weight is 305 g/mol. The van der Waals surface area contributed by atoms with Crippen LogP contribution in [0.25, 0.3) is 0 Å². The second-order valence-corrected chi connectivity index (χ2v) is 6.91. The second kappa shape index (κ2) is 8.54. The Hall–Kier alpha value is -1.06. The van der Waals surface area contributed by atoms with Crippen LogP contribution in [0.5, 0.6) is 5.75 Å².